The minimum absolute atomic E-state index is 0.00600. The Balaban J connectivity index is 1.90. The van der Waals surface area contributed by atoms with Crippen molar-refractivity contribution in [3.63, 3.8) is 0 Å². The summed E-state index contributed by atoms with van der Waals surface area (Å²) in [6, 6.07) is 3.17. The van der Waals surface area contributed by atoms with E-state index in [-0.39, 0.29) is 28.2 Å². The molecule has 3 rings (SSSR count). The molecule has 0 bridgehead atoms. The molecule has 0 radical (unpaired) electrons. The molecule has 1 saturated heterocycles. The number of alkyl halides is 1. The van der Waals surface area contributed by atoms with Gasteiger partial charge in [-0.3, -0.25) is 4.65 Å². The number of thiazole rings is 1. The van der Waals surface area contributed by atoms with E-state index in [9.17, 15) is 18.4 Å². The number of hydrogen-bond donors (Lipinski definition) is 0. The van der Waals surface area contributed by atoms with E-state index in [0.717, 1.165) is 23.8 Å². The lowest BCUT2D eigenvalue weighted by molar-refractivity contribution is 0.00500. The van der Waals surface area contributed by atoms with E-state index < -0.39 is 26.7 Å². The zero-order valence-corrected chi connectivity index (χ0v) is 19.4. The largest absolute Gasteiger partial charge is 0.622 e. The van der Waals surface area contributed by atoms with Gasteiger partial charge in [-0.05, 0) is 23.5 Å². The van der Waals surface area contributed by atoms with Crippen molar-refractivity contribution in [1.82, 2.24) is 19.5 Å². The number of halogens is 2. The average Bonchev–Trinajstić information content (AvgIpc) is 3.22. The minimum Gasteiger partial charge on any atom is -0.622 e. The van der Waals surface area contributed by atoms with Crippen LogP contribution in [0.5, 0.6) is 0 Å². The molecule has 152 valence electrons. The van der Waals surface area contributed by atoms with Crippen molar-refractivity contribution in [3.05, 3.63) is 39.9 Å². The van der Waals surface area contributed by atoms with Gasteiger partial charge in [-0.15, -0.1) is 0 Å². The summed E-state index contributed by atoms with van der Waals surface area (Å²) in [4.78, 5) is 22.3. The maximum absolute atomic E-state index is 13.6. The molecule has 1 aliphatic rings. The standard InChI is InChI=1S/C15H16Br2N4O5S2/c1-28(24,25)13-7-19-15(27-13)21(23)9-20(5-3-16)8-12(21)26-14(22)11-6-10(17)2-4-18-11/h2,4,6-7,12H,3,5,8-9H2,1H3. The average molecular weight is 556 g/mol. The first kappa shape index (κ1) is 21.7. The van der Waals surface area contributed by atoms with Crippen molar-refractivity contribution in [1.29, 1.82) is 0 Å². The van der Waals surface area contributed by atoms with Crippen LogP contribution in [0, 0.1) is 5.21 Å². The van der Waals surface area contributed by atoms with Crippen molar-refractivity contribution in [2.24, 2.45) is 0 Å². The third kappa shape index (κ3) is 4.61. The van der Waals surface area contributed by atoms with Crippen LogP contribution >= 0.6 is 43.2 Å². The van der Waals surface area contributed by atoms with Crippen molar-refractivity contribution in [2.45, 2.75) is 10.4 Å². The second-order valence-electron chi connectivity index (χ2n) is 6.16. The number of carbonyl (C=O) groups is 1. The molecule has 2 atom stereocenters. The maximum atomic E-state index is 13.6. The zero-order chi connectivity index (χ0) is 20.5. The molecule has 2 aromatic heterocycles. The molecule has 0 amide bonds. The van der Waals surface area contributed by atoms with Crippen LogP contribution < -0.4 is 4.65 Å². The van der Waals surface area contributed by atoms with Crippen molar-refractivity contribution in [2.75, 3.05) is 31.3 Å². The number of hydroxylamine groups is 2. The van der Waals surface area contributed by atoms with Gasteiger partial charge >= 0.3 is 5.97 Å². The van der Waals surface area contributed by atoms with Crippen LogP contribution in [0.4, 0.5) is 5.13 Å². The van der Waals surface area contributed by atoms with Gasteiger partial charge in [0.15, 0.2) is 9.84 Å². The number of hydrogen-bond acceptors (Lipinski definition) is 9. The molecule has 0 N–H and O–H groups in total. The summed E-state index contributed by atoms with van der Waals surface area (Å²) in [5, 5.41) is 14.3. The van der Waals surface area contributed by atoms with Gasteiger partial charge in [0, 0.05) is 28.8 Å². The van der Waals surface area contributed by atoms with E-state index in [4.69, 9.17) is 4.74 Å². The number of carbonyl (C=O) groups excluding carboxylic acids is 1. The van der Waals surface area contributed by atoms with Crippen LogP contribution in [-0.2, 0) is 14.6 Å². The highest BCUT2D eigenvalue weighted by Crippen LogP contribution is 2.36. The highest BCUT2D eigenvalue weighted by atomic mass is 79.9. The Hall–Kier alpha value is -0.960. The second kappa shape index (κ2) is 8.42. The molecule has 2 aromatic rings. The summed E-state index contributed by atoms with van der Waals surface area (Å²) in [6.45, 7) is 0.755. The summed E-state index contributed by atoms with van der Waals surface area (Å²) < 4.78 is 28.6. The molecule has 28 heavy (non-hydrogen) atoms. The maximum Gasteiger partial charge on any atom is 0.361 e. The van der Waals surface area contributed by atoms with Crippen LogP contribution in [0.3, 0.4) is 0 Å². The summed E-state index contributed by atoms with van der Waals surface area (Å²) >= 11 is 7.39. The van der Waals surface area contributed by atoms with Gasteiger partial charge < -0.3 is 9.94 Å². The molecule has 1 aliphatic heterocycles. The Labute approximate surface area is 182 Å². The fourth-order valence-corrected chi connectivity index (χ4v) is 5.31. The Morgan fingerprint density at radius 3 is 2.86 bits per heavy atom. The summed E-state index contributed by atoms with van der Waals surface area (Å²) in [7, 11) is -3.49. The first-order chi connectivity index (χ1) is 13.1. The number of pyridine rings is 1. The van der Waals surface area contributed by atoms with Gasteiger partial charge in [0.05, 0.1) is 12.7 Å². The lowest BCUT2D eigenvalue weighted by Crippen LogP contribution is -2.51. The molecule has 3 heterocycles. The van der Waals surface area contributed by atoms with Crippen molar-refractivity contribution in [3.8, 4) is 0 Å². The summed E-state index contributed by atoms with van der Waals surface area (Å²) in [6.07, 6.45) is 2.57. The van der Waals surface area contributed by atoms with Crippen LogP contribution in [0.1, 0.15) is 10.5 Å². The third-order valence-electron chi connectivity index (χ3n) is 4.03. The predicted octanol–water partition coefficient (Wildman–Crippen LogP) is 2.36. The molecule has 0 aliphatic carbocycles. The second-order valence-corrected chi connectivity index (χ2v) is 11.1. The van der Waals surface area contributed by atoms with Crippen LogP contribution in [0.15, 0.2) is 33.2 Å². The number of nitrogens with zero attached hydrogens (tertiary/aromatic N) is 4. The molecule has 2 unspecified atom stereocenters. The molecular formula is C15H16Br2N4O5S2. The quantitative estimate of drug-likeness (QED) is 0.231. The van der Waals surface area contributed by atoms with Gasteiger partial charge in [0.25, 0.3) is 11.4 Å². The molecule has 0 aromatic carbocycles. The monoisotopic (exact) mass is 554 g/mol. The number of quaternary nitrogens is 1. The van der Waals surface area contributed by atoms with E-state index in [1.807, 2.05) is 4.90 Å². The van der Waals surface area contributed by atoms with Gasteiger partial charge in [-0.1, -0.05) is 31.9 Å². The van der Waals surface area contributed by atoms with E-state index in [0.29, 0.717) is 16.3 Å². The van der Waals surface area contributed by atoms with E-state index in [1.165, 1.54) is 12.3 Å². The molecule has 13 heteroatoms. The Kier molecular flexibility index (Phi) is 6.54. The van der Waals surface area contributed by atoms with Crippen molar-refractivity contribution < 1.29 is 17.9 Å². The third-order valence-corrected chi connectivity index (χ3v) is 7.77. The van der Waals surface area contributed by atoms with Crippen LogP contribution in [0.25, 0.3) is 0 Å². The molecule has 0 spiro atoms. The number of aromatic nitrogens is 2. The fraction of sp³-hybridized carbons (Fsp3) is 0.400. The van der Waals surface area contributed by atoms with E-state index in [1.54, 1.807) is 6.07 Å². The van der Waals surface area contributed by atoms with Crippen LogP contribution in [0.2, 0.25) is 0 Å². The van der Waals surface area contributed by atoms with Crippen molar-refractivity contribution >= 4 is 64.1 Å². The zero-order valence-electron chi connectivity index (χ0n) is 14.6. The lowest BCUT2D eigenvalue weighted by atomic mass is 10.3. The van der Waals surface area contributed by atoms with Crippen LogP contribution in [-0.4, -0.2) is 66.8 Å². The Morgan fingerprint density at radius 1 is 1.50 bits per heavy atom. The van der Waals surface area contributed by atoms with E-state index >= 15 is 0 Å². The van der Waals surface area contributed by atoms with Gasteiger partial charge in [0.2, 0.25) is 0 Å². The normalized spacial score (nSPS) is 23.1. The topological polar surface area (TPSA) is 113 Å². The molecule has 9 nitrogen and oxygen atoms in total. The molecule has 1 fully saturated rings. The first-order valence-corrected chi connectivity index (χ1v) is 12.6. The fourth-order valence-electron chi connectivity index (χ4n) is 2.68. The SMILES string of the molecule is CS(=O)(=O)c1cnc([N+]2([O-])CN(CCBr)CC2OC(=O)c2cc(Br)ccn2)s1. The number of sulfone groups is 1. The van der Waals surface area contributed by atoms with Gasteiger partial charge in [-0.25, -0.2) is 23.1 Å². The molecule has 0 saturated carbocycles. The summed E-state index contributed by atoms with van der Waals surface area (Å²) in [5.74, 6) is -0.731. The number of ether oxygens (including phenoxy) is 1. The summed E-state index contributed by atoms with van der Waals surface area (Å²) in [5.41, 5.74) is 0.0656. The predicted molar refractivity (Wildman–Crippen MR) is 112 cm³/mol. The van der Waals surface area contributed by atoms with E-state index in [2.05, 4.69) is 41.8 Å². The highest BCUT2D eigenvalue weighted by Gasteiger charge is 2.46. The number of rotatable bonds is 6. The Bertz CT molecular complexity index is 986. The lowest BCUT2D eigenvalue weighted by Gasteiger charge is -2.38. The first-order valence-electron chi connectivity index (χ1n) is 7.99. The van der Waals surface area contributed by atoms with Gasteiger partial charge in [-0.2, -0.15) is 4.98 Å². The molecular weight excluding hydrogens is 540 g/mol. The minimum atomic E-state index is -3.49. The Morgan fingerprint density at radius 2 is 2.25 bits per heavy atom. The smallest absolute Gasteiger partial charge is 0.361 e. The van der Waals surface area contributed by atoms with Gasteiger partial charge in [0.1, 0.15) is 16.6 Å². The highest BCUT2D eigenvalue weighted by molar-refractivity contribution is 9.10. The number of esters is 1.